The minimum absolute atomic E-state index is 0.734. The van der Waals surface area contributed by atoms with Crippen LogP contribution in [-0.2, 0) is 0 Å². The van der Waals surface area contributed by atoms with E-state index in [0.717, 1.165) is 11.8 Å². The molecule has 3 aromatic rings. The maximum atomic E-state index is 2.39. The summed E-state index contributed by atoms with van der Waals surface area (Å²) in [7, 11) is 0. The SMILES string of the molecule is C/C=C/c1ccc2cc(-c3ccc(C4CCC(/C=C/C)CC4)cc3)ccc2c1. The second kappa shape index (κ2) is 8.61. The monoisotopic (exact) mass is 366 g/mol. The second-order valence-electron chi connectivity index (χ2n) is 8.08. The molecule has 0 bridgehead atoms. The van der Waals surface area contributed by atoms with E-state index in [-0.39, 0.29) is 0 Å². The standard InChI is InChI=1S/C28H30/c1-3-5-21-7-10-23(11-8-21)24-13-15-25(16-14-24)27-18-17-26-19-22(6-4-2)9-12-28(26)20-27/h3-6,9,12-21,23H,7-8,10-11H2,1-2H3/b5-3+,6-4+. The highest BCUT2D eigenvalue weighted by Crippen LogP contribution is 2.37. The van der Waals surface area contributed by atoms with Crippen molar-refractivity contribution in [3.8, 4) is 11.1 Å². The first-order valence-electron chi connectivity index (χ1n) is 10.7. The lowest BCUT2D eigenvalue weighted by Gasteiger charge is -2.27. The van der Waals surface area contributed by atoms with Crippen molar-refractivity contribution in [3.63, 3.8) is 0 Å². The van der Waals surface area contributed by atoms with Gasteiger partial charge in [-0.15, -0.1) is 0 Å². The van der Waals surface area contributed by atoms with Crippen LogP contribution in [0.2, 0.25) is 0 Å². The highest BCUT2D eigenvalue weighted by molar-refractivity contribution is 5.89. The fourth-order valence-corrected chi connectivity index (χ4v) is 4.60. The Morgan fingerprint density at radius 3 is 2.07 bits per heavy atom. The summed E-state index contributed by atoms with van der Waals surface area (Å²) in [6.07, 6.45) is 14.1. The van der Waals surface area contributed by atoms with Gasteiger partial charge in [0, 0.05) is 0 Å². The third-order valence-electron chi connectivity index (χ3n) is 6.18. The smallest absolute Gasteiger partial charge is 0.0162 e. The van der Waals surface area contributed by atoms with Crippen LogP contribution in [0.3, 0.4) is 0 Å². The Balaban J connectivity index is 1.51. The zero-order chi connectivity index (χ0) is 19.3. The Morgan fingerprint density at radius 1 is 0.679 bits per heavy atom. The van der Waals surface area contributed by atoms with E-state index >= 15 is 0 Å². The first kappa shape index (κ1) is 18.7. The molecule has 0 radical (unpaired) electrons. The van der Waals surface area contributed by atoms with Crippen LogP contribution in [0.4, 0.5) is 0 Å². The van der Waals surface area contributed by atoms with Crippen molar-refractivity contribution in [2.45, 2.75) is 45.4 Å². The van der Waals surface area contributed by atoms with E-state index in [0.29, 0.717) is 0 Å². The first-order chi connectivity index (χ1) is 13.8. The van der Waals surface area contributed by atoms with E-state index in [1.165, 1.54) is 58.7 Å². The predicted octanol–water partition coefficient (Wildman–Crippen LogP) is 8.39. The number of hydrogen-bond acceptors (Lipinski definition) is 0. The van der Waals surface area contributed by atoms with Gasteiger partial charge in [0.2, 0.25) is 0 Å². The molecule has 3 aromatic carbocycles. The number of rotatable bonds is 4. The average Bonchev–Trinajstić information content (AvgIpc) is 2.75. The van der Waals surface area contributed by atoms with E-state index in [2.05, 4.69) is 98.8 Å². The summed E-state index contributed by atoms with van der Waals surface area (Å²) in [5.41, 5.74) is 5.39. The van der Waals surface area contributed by atoms with Gasteiger partial charge >= 0.3 is 0 Å². The quantitative estimate of drug-likeness (QED) is 0.407. The largest absolute Gasteiger partial charge is 0.0914 e. The minimum atomic E-state index is 0.734. The molecular weight excluding hydrogens is 336 g/mol. The highest BCUT2D eigenvalue weighted by Gasteiger charge is 2.20. The third-order valence-corrected chi connectivity index (χ3v) is 6.18. The maximum absolute atomic E-state index is 2.39. The van der Waals surface area contributed by atoms with E-state index < -0.39 is 0 Å². The molecule has 0 unspecified atom stereocenters. The molecule has 0 saturated heterocycles. The van der Waals surface area contributed by atoms with Crippen LogP contribution in [0, 0.1) is 5.92 Å². The Kier molecular flexibility index (Phi) is 5.76. The molecule has 0 amide bonds. The molecular formula is C28H30. The van der Waals surface area contributed by atoms with Crippen LogP contribution >= 0.6 is 0 Å². The molecule has 0 N–H and O–H groups in total. The Hall–Kier alpha value is -2.60. The molecule has 1 saturated carbocycles. The van der Waals surface area contributed by atoms with Gasteiger partial charge < -0.3 is 0 Å². The normalized spacial score (nSPS) is 20.4. The van der Waals surface area contributed by atoms with Crippen LogP contribution < -0.4 is 0 Å². The number of allylic oxidation sites excluding steroid dienone is 3. The maximum Gasteiger partial charge on any atom is -0.0162 e. The summed E-state index contributed by atoms with van der Waals surface area (Å²) in [5, 5.41) is 2.60. The summed E-state index contributed by atoms with van der Waals surface area (Å²) in [6, 6.07) is 22.8. The van der Waals surface area contributed by atoms with Gasteiger partial charge in [0.1, 0.15) is 0 Å². The van der Waals surface area contributed by atoms with Crippen molar-refractivity contribution in [3.05, 3.63) is 90.0 Å². The van der Waals surface area contributed by atoms with Gasteiger partial charge in [0.15, 0.2) is 0 Å². The van der Waals surface area contributed by atoms with E-state index in [9.17, 15) is 0 Å². The predicted molar refractivity (Wildman–Crippen MR) is 124 cm³/mol. The van der Waals surface area contributed by atoms with Crippen molar-refractivity contribution in [2.75, 3.05) is 0 Å². The summed E-state index contributed by atoms with van der Waals surface area (Å²) in [6.45, 7) is 4.20. The van der Waals surface area contributed by atoms with Crippen LogP contribution in [-0.4, -0.2) is 0 Å². The molecule has 0 spiro atoms. The van der Waals surface area contributed by atoms with Crippen molar-refractivity contribution >= 4 is 16.8 Å². The van der Waals surface area contributed by atoms with E-state index in [1.807, 2.05) is 0 Å². The van der Waals surface area contributed by atoms with Crippen LogP contribution in [0.5, 0.6) is 0 Å². The lowest BCUT2D eigenvalue weighted by Crippen LogP contribution is -2.11. The van der Waals surface area contributed by atoms with Gasteiger partial charge in [-0.2, -0.15) is 0 Å². The molecule has 1 aliphatic carbocycles. The molecule has 0 heteroatoms. The average molecular weight is 367 g/mol. The highest BCUT2D eigenvalue weighted by atomic mass is 14.3. The third kappa shape index (κ3) is 4.12. The molecule has 0 heterocycles. The van der Waals surface area contributed by atoms with Gasteiger partial charge in [-0.1, -0.05) is 72.8 Å². The molecule has 0 aromatic heterocycles. The zero-order valence-corrected chi connectivity index (χ0v) is 17.1. The van der Waals surface area contributed by atoms with Crippen molar-refractivity contribution < 1.29 is 0 Å². The van der Waals surface area contributed by atoms with Gasteiger partial charge in [-0.05, 0) is 96.5 Å². The van der Waals surface area contributed by atoms with Crippen LogP contribution in [0.15, 0.2) is 78.9 Å². The minimum Gasteiger partial charge on any atom is -0.0914 e. The van der Waals surface area contributed by atoms with Gasteiger partial charge in [0.25, 0.3) is 0 Å². The van der Waals surface area contributed by atoms with Crippen molar-refractivity contribution in [1.29, 1.82) is 0 Å². The molecule has 1 aliphatic rings. The molecule has 1 fully saturated rings. The molecule has 4 rings (SSSR count). The summed E-state index contributed by atoms with van der Waals surface area (Å²) < 4.78 is 0. The number of hydrogen-bond donors (Lipinski definition) is 0. The fraction of sp³-hybridized carbons (Fsp3) is 0.286. The summed E-state index contributed by atoms with van der Waals surface area (Å²) >= 11 is 0. The second-order valence-corrected chi connectivity index (χ2v) is 8.08. The van der Waals surface area contributed by atoms with E-state index in [4.69, 9.17) is 0 Å². The number of benzene rings is 3. The molecule has 0 aliphatic heterocycles. The number of fused-ring (bicyclic) bond motifs is 1. The first-order valence-corrected chi connectivity index (χ1v) is 10.7. The summed E-state index contributed by atoms with van der Waals surface area (Å²) in [4.78, 5) is 0. The van der Waals surface area contributed by atoms with Crippen LogP contribution in [0.25, 0.3) is 28.0 Å². The lowest BCUT2D eigenvalue weighted by atomic mass is 9.78. The summed E-state index contributed by atoms with van der Waals surface area (Å²) in [5.74, 6) is 1.53. The Labute approximate surface area is 169 Å². The molecule has 142 valence electrons. The van der Waals surface area contributed by atoms with Gasteiger partial charge in [-0.25, -0.2) is 0 Å². The molecule has 0 atom stereocenters. The molecule has 28 heavy (non-hydrogen) atoms. The van der Waals surface area contributed by atoms with Gasteiger partial charge in [0.05, 0.1) is 0 Å². The van der Waals surface area contributed by atoms with Gasteiger partial charge in [-0.3, -0.25) is 0 Å². The topological polar surface area (TPSA) is 0 Å². The van der Waals surface area contributed by atoms with Crippen LogP contribution in [0.1, 0.15) is 56.6 Å². The van der Waals surface area contributed by atoms with Crippen molar-refractivity contribution in [2.24, 2.45) is 5.92 Å². The van der Waals surface area contributed by atoms with Crippen molar-refractivity contribution in [1.82, 2.24) is 0 Å². The fourth-order valence-electron chi connectivity index (χ4n) is 4.60. The zero-order valence-electron chi connectivity index (χ0n) is 17.1. The Bertz CT molecular complexity index is 980. The molecule has 0 nitrogen and oxygen atoms in total. The Morgan fingerprint density at radius 2 is 1.36 bits per heavy atom. The lowest BCUT2D eigenvalue weighted by molar-refractivity contribution is 0.376. The van der Waals surface area contributed by atoms with E-state index in [1.54, 1.807) is 0 Å².